The van der Waals surface area contributed by atoms with Gasteiger partial charge in [0.15, 0.2) is 11.5 Å². The number of hydrogen-bond donors (Lipinski definition) is 1. The van der Waals surface area contributed by atoms with Gasteiger partial charge < -0.3 is 14.2 Å². The van der Waals surface area contributed by atoms with Crippen molar-refractivity contribution in [3.05, 3.63) is 35.8 Å². The molecule has 2 aliphatic rings. The first kappa shape index (κ1) is 21.8. The van der Waals surface area contributed by atoms with Gasteiger partial charge in [-0.05, 0) is 12.8 Å². The third kappa shape index (κ3) is 5.66. The molecule has 4 rings (SSSR count). The first-order valence-corrected chi connectivity index (χ1v) is 10.3. The molecule has 2 aliphatic heterocycles. The minimum Gasteiger partial charge on any atom is -0.487 e. The number of alkyl halides is 3. The minimum absolute atomic E-state index is 0.144. The molecular weight excluding hydrogens is 442 g/mol. The Kier molecular flexibility index (Phi) is 6.62. The summed E-state index contributed by atoms with van der Waals surface area (Å²) in [5.41, 5.74) is 0.234. The molecule has 2 aromatic heterocycles. The number of nitrogens with one attached hydrogen (secondary N) is 1. The number of nitrogens with zero attached hydrogens (tertiary/aromatic N) is 4. The number of halogens is 4. The summed E-state index contributed by atoms with van der Waals surface area (Å²) in [4.78, 5) is 10.7. The van der Waals surface area contributed by atoms with Crippen molar-refractivity contribution in [3.8, 4) is 17.4 Å². The molecule has 0 aliphatic carbocycles. The summed E-state index contributed by atoms with van der Waals surface area (Å²) in [6, 6.07) is 1.27. The molecule has 168 valence electrons. The Hall–Kier alpha value is -2.38. The molecule has 1 N–H and O–H groups in total. The van der Waals surface area contributed by atoms with Gasteiger partial charge in [0.1, 0.15) is 25.1 Å². The normalized spacial score (nSPS) is 17.5. The molecule has 0 radical (unpaired) electrons. The standard InChI is InChI=1S/C18H19F4N5O3S/c19-13-7-15-16(29-6-5-28-15)26-14(13)10-25-31-27-3-1-11(2-4-27)30-12-8-23-17(24-9-12)18(20,21)22/h7-9,11,25H,1-6,10H2. The smallest absolute Gasteiger partial charge is 0.451 e. The van der Waals surface area contributed by atoms with E-state index < -0.39 is 17.8 Å². The lowest BCUT2D eigenvalue weighted by Gasteiger charge is -2.30. The van der Waals surface area contributed by atoms with Crippen LogP contribution in [0.3, 0.4) is 0 Å². The van der Waals surface area contributed by atoms with Gasteiger partial charge >= 0.3 is 6.18 Å². The van der Waals surface area contributed by atoms with Crippen molar-refractivity contribution in [2.24, 2.45) is 0 Å². The van der Waals surface area contributed by atoms with Crippen molar-refractivity contribution in [2.75, 3.05) is 26.3 Å². The number of fused-ring (bicyclic) bond motifs is 1. The van der Waals surface area contributed by atoms with E-state index in [1.54, 1.807) is 0 Å². The van der Waals surface area contributed by atoms with Crippen LogP contribution in [0.25, 0.3) is 0 Å². The Morgan fingerprint density at radius 2 is 1.87 bits per heavy atom. The summed E-state index contributed by atoms with van der Waals surface area (Å²) in [7, 11) is 0. The lowest BCUT2D eigenvalue weighted by Crippen LogP contribution is -2.36. The van der Waals surface area contributed by atoms with Crippen LogP contribution < -0.4 is 18.9 Å². The number of pyridine rings is 1. The molecule has 0 amide bonds. The van der Waals surface area contributed by atoms with E-state index in [1.807, 2.05) is 0 Å². The Labute approximate surface area is 179 Å². The maximum atomic E-state index is 14.1. The van der Waals surface area contributed by atoms with Crippen LogP contribution in [0.1, 0.15) is 24.4 Å². The van der Waals surface area contributed by atoms with Crippen molar-refractivity contribution >= 4 is 12.1 Å². The molecule has 0 bridgehead atoms. The van der Waals surface area contributed by atoms with Crippen LogP contribution in [0.4, 0.5) is 17.6 Å². The fourth-order valence-corrected chi connectivity index (χ4v) is 3.84. The van der Waals surface area contributed by atoms with Crippen LogP contribution in [-0.4, -0.2) is 51.7 Å². The molecule has 0 spiro atoms. The predicted molar refractivity (Wildman–Crippen MR) is 102 cm³/mol. The summed E-state index contributed by atoms with van der Waals surface area (Å²) >= 11 is 1.35. The zero-order valence-electron chi connectivity index (χ0n) is 16.2. The quantitative estimate of drug-likeness (QED) is 0.516. The van der Waals surface area contributed by atoms with Crippen LogP contribution in [0.15, 0.2) is 18.5 Å². The van der Waals surface area contributed by atoms with Crippen LogP contribution in [-0.2, 0) is 12.7 Å². The first-order valence-electron chi connectivity index (χ1n) is 9.54. The van der Waals surface area contributed by atoms with E-state index in [9.17, 15) is 17.6 Å². The van der Waals surface area contributed by atoms with E-state index in [-0.39, 0.29) is 24.1 Å². The molecule has 31 heavy (non-hydrogen) atoms. The largest absolute Gasteiger partial charge is 0.487 e. The maximum Gasteiger partial charge on any atom is 0.451 e. The third-order valence-electron chi connectivity index (χ3n) is 4.58. The molecule has 0 atom stereocenters. The summed E-state index contributed by atoms with van der Waals surface area (Å²) in [6.07, 6.45) is -1.31. The van der Waals surface area contributed by atoms with Gasteiger partial charge in [-0.3, -0.25) is 0 Å². The second-order valence-corrected chi connectivity index (χ2v) is 7.80. The Morgan fingerprint density at radius 1 is 1.16 bits per heavy atom. The van der Waals surface area contributed by atoms with Gasteiger partial charge in [-0.25, -0.2) is 28.4 Å². The van der Waals surface area contributed by atoms with Gasteiger partial charge in [0.25, 0.3) is 5.88 Å². The molecule has 8 nitrogen and oxygen atoms in total. The Bertz CT molecular complexity index is 895. The molecule has 0 aromatic carbocycles. The Balaban J connectivity index is 1.20. The maximum absolute atomic E-state index is 14.1. The van der Waals surface area contributed by atoms with Crippen molar-refractivity contribution in [1.29, 1.82) is 0 Å². The van der Waals surface area contributed by atoms with Gasteiger partial charge in [-0.15, -0.1) is 0 Å². The number of ether oxygens (including phenoxy) is 3. The molecule has 0 unspecified atom stereocenters. The van der Waals surface area contributed by atoms with Gasteiger partial charge in [0, 0.05) is 31.3 Å². The van der Waals surface area contributed by atoms with Crippen LogP contribution in [0.2, 0.25) is 0 Å². The second kappa shape index (κ2) is 9.40. The van der Waals surface area contributed by atoms with Crippen LogP contribution >= 0.6 is 12.1 Å². The zero-order chi connectivity index (χ0) is 21.8. The topological polar surface area (TPSA) is 81.6 Å². The predicted octanol–water partition coefficient (Wildman–Crippen LogP) is 3.00. The number of rotatable bonds is 6. The monoisotopic (exact) mass is 461 g/mol. The SMILES string of the molecule is Fc1cc2c(nc1CNSN1CCC(Oc3cnc(C(F)(F)F)nc3)CC1)OCCO2. The summed E-state index contributed by atoms with van der Waals surface area (Å²) in [5, 5.41) is 0. The molecule has 0 saturated carbocycles. The van der Waals surface area contributed by atoms with Gasteiger partial charge in [-0.1, -0.05) is 0 Å². The van der Waals surface area contributed by atoms with Crippen molar-refractivity contribution in [1.82, 2.24) is 24.0 Å². The van der Waals surface area contributed by atoms with E-state index in [0.29, 0.717) is 50.8 Å². The molecule has 13 heteroatoms. The zero-order valence-corrected chi connectivity index (χ0v) is 17.0. The molecule has 1 saturated heterocycles. The summed E-state index contributed by atoms with van der Waals surface area (Å²) in [6.45, 7) is 2.31. The molecule has 4 heterocycles. The van der Waals surface area contributed by atoms with Gasteiger partial charge in [-0.2, -0.15) is 13.2 Å². The van der Waals surface area contributed by atoms with E-state index in [0.717, 1.165) is 12.4 Å². The molecule has 1 fully saturated rings. The fraction of sp³-hybridized carbons (Fsp3) is 0.500. The average Bonchev–Trinajstić information content (AvgIpc) is 2.75. The molecular formula is C18H19F4N5O3S. The van der Waals surface area contributed by atoms with E-state index in [4.69, 9.17) is 14.2 Å². The van der Waals surface area contributed by atoms with Gasteiger partial charge in [0.05, 0.1) is 24.6 Å². The van der Waals surface area contributed by atoms with Crippen molar-refractivity contribution in [2.45, 2.75) is 31.7 Å². The van der Waals surface area contributed by atoms with E-state index in [1.165, 1.54) is 18.2 Å². The lowest BCUT2D eigenvalue weighted by molar-refractivity contribution is -0.145. The highest BCUT2D eigenvalue weighted by Crippen LogP contribution is 2.30. The van der Waals surface area contributed by atoms with E-state index >= 15 is 0 Å². The highest BCUT2D eigenvalue weighted by Gasteiger charge is 2.34. The number of hydrogen-bond acceptors (Lipinski definition) is 9. The lowest BCUT2D eigenvalue weighted by atomic mass is 10.1. The van der Waals surface area contributed by atoms with Crippen LogP contribution in [0, 0.1) is 5.82 Å². The highest BCUT2D eigenvalue weighted by molar-refractivity contribution is 7.95. The van der Waals surface area contributed by atoms with Gasteiger partial charge in [0.2, 0.25) is 5.82 Å². The molecule has 2 aromatic rings. The third-order valence-corrected chi connectivity index (χ3v) is 5.48. The number of aromatic nitrogens is 3. The Morgan fingerprint density at radius 3 is 2.58 bits per heavy atom. The first-order chi connectivity index (χ1) is 14.9. The fourth-order valence-electron chi connectivity index (χ4n) is 3.06. The average molecular weight is 461 g/mol. The van der Waals surface area contributed by atoms with Crippen molar-refractivity contribution in [3.63, 3.8) is 0 Å². The minimum atomic E-state index is -4.58. The number of piperidine rings is 1. The second-order valence-electron chi connectivity index (χ2n) is 6.82. The summed E-state index contributed by atoms with van der Waals surface area (Å²) < 4.78 is 73.2. The van der Waals surface area contributed by atoms with Crippen molar-refractivity contribution < 1.29 is 31.8 Å². The summed E-state index contributed by atoms with van der Waals surface area (Å²) in [5.74, 6) is -0.859. The van der Waals surface area contributed by atoms with E-state index in [2.05, 4.69) is 24.0 Å². The van der Waals surface area contributed by atoms with Crippen LogP contribution in [0.5, 0.6) is 17.4 Å². The highest BCUT2D eigenvalue weighted by atomic mass is 32.2.